The lowest BCUT2D eigenvalue weighted by atomic mass is 9.86. The van der Waals surface area contributed by atoms with Crippen LogP contribution in [0.2, 0.25) is 0 Å². The van der Waals surface area contributed by atoms with Gasteiger partial charge in [-0.3, -0.25) is 4.98 Å². The highest BCUT2D eigenvalue weighted by molar-refractivity contribution is 7.09. The van der Waals surface area contributed by atoms with Crippen LogP contribution in [0.4, 0.5) is 0 Å². The van der Waals surface area contributed by atoms with Gasteiger partial charge in [0.15, 0.2) is 0 Å². The first-order chi connectivity index (χ1) is 7.74. The molecule has 1 aromatic rings. The Hall–Kier alpha value is -0.450. The fraction of sp³-hybridized carbons (Fsp3) is 0.750. The second-order valence-electron chi connectivity index (χ2n) is 4.63. The molecule has 1 aromatic heterocycles. The Kier molecular flexibility index (Phi) is 3.95. The Morgan fingerprint density at radius 1 is 1.62 bits per heavy atom. The van der Waals surface area contributed by atoms with E-state index in [0.717, 1.165) is 19.4 Å². The molecule has 0 spiro atoms. The quantitative estimate of drug-likeness (QED) is 0.876. The van der Waals surface area contributed by atoms with E-state index in [2.05, 4.69) is 17.2 Å². The molecule has 2 rings (SSSR count). The van der Waals surface area contributed by atoms with Gasteiger partial charge >= 0.3 is 0 Å². The molecular weight excluding hydrogens is 220 g/mol. The molecule has 0 aliphatic carbocycles. The second-order valence-corrected chi connectivity index (χ2v) is 5.60. The molecule has 0 radical (unpaired) electrons. The predicted octanol–water partition coefficient (Wildman–Crippen LogP) is 2.23. The van der Waals surface area contributed by atoms with Gasteiger partial charge < -0.3 is 10.1 Å². The van der Waals surface area contributed by atoms with Crippen molar-refractivity contribution in [2.45, 2.75) is 44.2 Å². The Bertz CT molecular complexity index is 307. The molecule has 2 heterocycles. The highest BCUT2D eigenvalue weighted by Crippen LogP contribution is 2.29. The molecule has 16 heavy (non-hydrogen) atoms. The minimum Gasteiger partial charge on any atom is -0.374 e. The van der Waals surface area contributed by atoms with Crippen LogP contribution in [0.5, 0.6) is 0 Å². The number of rotatable bonds is 4. The van der Waals surface area contributed by atoms with Crippen molar-refractivity contribution in [1.82, 2.24) is 10.3 Å². The summed E-state index contributed by atoms with van der Waals surface area (Å²) in [4.78, 5) is 5.46. The van der Waals surface area contributed by atoms with Crippen LogP contribution in [0.15, 0.2) is 11.7 Å². The molecule has 0 bridgehead atoms. The SMILES string of the molecule is CNC(Cc1cncs1)C1(C)CCCCO1. The summed E-state index contributed by atoms with van der Waals surface area (Å²) in [7, 11) is 2.02. The third-order valence-corrected chi connectivity index (χ3v) is 4.28. The van der Waals surface area contributed by atoms with E-state index in [1.165, 1.54) is 17.7 Å². The van der Waals surface area contributed by atoms with Gasteiger partial charge in [-0.15, -0.1) is 11.3 Å². The maximum absolute atomic E-state index is 5.99. The van der Waals surface area contributed by atoms with Crippen LogP contribution < -0.4 is 5.32 Å². The number of nitrogens with one attached hydrogen (secondary N) is 1. The van der Waals surface area contributed by atoms with Gasteiger partial charge in [0.05, 0.1) is 11.1 Å². The standard InChI is InChI=1S/C12H20N2OS/c1-12(5-3-4-6-15-12)11(13-2)7-10-8-14-9-16-10/h8-9,11,13H,3-7H2,1-2H3. The lowest BCUT2D eigenvalue weighted by Gasteiger charge is -2.40. The number of hydrogen-bond acceptors (Lipinski definition) is 4. The third kappa shape index (κ3) is 2.62. The summed E-state index contributed by atoms with van der Waals surface area (Å²) < 4.78 is 5.99. The Balaban J connectivity index is 2.03. The van der Waals surface area contributed by atoms with E-state index >= 15 is 0 Å². The fourth-order valence-corrected chi connectivity index (χ4v) is 3.04. The lowest BCUT2D eigenvalue weighted by molar-refractivity contribution is -0.0869. The van der Waals surface area contributed by atoms with Crippen molar-refractivity contribution < 1.29 is 4.74 Å². The largest absolute Gasteiger partial charge is 0.374 e. The summed E-state index contributed by atoms with van der Waals surface area (Å²) in [5.41, 5.74) is 1.88. The monoisotopic (exact) mass is 240 g/mol. The molecular formula is C12H20N2OS. The van der Waals surface area contributed by atoms with E-state index in [4.69, 9.17) is 4.74 Å². The normalized spacial score (nSPS) is 27.9. The van der Waals surface area contributed by atoms with Crippen molar-refractivity contribution in [2.24, 2.45) is 0 Å². The van der Waals surface area contributed by atoms with E-state index in [-0.39, 0.29) is 5.60 Å². The average molecular weight is 240 g/mol. The summed E-state index contributed by atoms with van der Waals surface area (Å²) in [6.45, 7) is 3.13. The minimum atomic E-state index is -0.0169. The van der Waals surface area contributed by atoms with Crippen molar-refractivity contribution >= 4 is 11.3 Å². The summed E-state index contributed by atoms with van der Waals surface area (Å²) in [6.07, 6.45) is 6.60. The Morgan fingerprint density at radius 2 is 2.50 bits per heavy atom. The van der Waals surface area contributed by atoms with E-state index in [1.807, 2.05) is 18.8 Å². The highest BCUT2D eigenvalue weighted by atomic mass is 32.1. The molecule has 1 N–H and O–H groups in total. The average Bonchev–Trinajstić information content (AvgIpc) is 2.79. The van der Waals surface area contributed by atoms with Crippen LogP contribution in [0.3, 0.4) is 0 Å². The molecule has 1 aliphatic rings. The molecule has 4 heteroatoms. The number of hydrogen-bond donors (Lipinski definition) is 1. The maximum Gasteiger partial charge on any atom is 0.0810 e. The third-order valence-electron chi connectivity index (χ3n) is 3.47. The van der Waals surface area contributed by atoms with E-state index in [1.54, 1.807) is 11.3 Å². The second kappa shape index (κ2) is 5.25. The van der Waals surface area contributed by atoms with E-state index < -0.39 is 0 Å². The van der Waals surface area contributed by atoms with Gasteiger partial charge in [-0.2, -0.15) is 0 Å². The van der Waals surface area contributed by atoms with Gasteiger partial charge in [0.2, 0.25) is 0 Å². The summed E-state index contributed by atoms with van der Waals surface area (Å²) in [6, 6.07) is 0.383. The molecule has 3 nitrogen and oxygen atoms in total. The Labute approximate surface area is 101 Å². The summed E-state index contributed by atoms with van der Waals surface area (Å²) in [5.74, 6) is 0. The zero-order valence-electron chi connectivity index (χ0n) is 10.0. The molecule has 2 unspecified atom stereocenters. The molecule has 0 aromatic carbocycles. The zero-order valence-corrected chi connectivity index (χ0v) is 10.8. The molecule has 2 atom stereocenters. The first-order valence-corrected chi connectivity index (χ1v) is 6.81. The topological polar surface area (TPSA) is 34.2 Å². The lowest BCUT2D eigenvalue weighted by Crippen LogP contribution is -2.52. The molecule has 1 aliphatic heterocycles. The number of nitrogens with zero attached hydrogens (tertiary/aromatic N) is 1. The fourth-order valence-electron chi connectivity index (χ4n) is 2.40. The number of ether oxygens (including phenoxy) is 1. The molecule has 1 fully saturated rings. The minimum absolute atomic E-state index is 0.0169. The summed E-state index contributed by atoms with van der Waals surface area (Å²) in [5, 5.41) is 3.40. The van der Waals surface area contributed by atoms with E-state index in [9.17, 15) is 0 Å². The molecule has 90 valence electrons. The molecule has 1 saturated heterocycles. The number of aromatic nitrogens is 1. The highest BCUT2D eigenvalue weighted by Gasteiger charge is 2.36. The van der Waals surface area contributed by atoms with Gasteiger partial charge in [0.25, 0.3) is 0 Å². The van der Waals surface area contributed by atoms with Crippen LogP contribution >= 0.6 is 11.3 Å². The molecule has 0 amide bonds. The van der Waals surface area contributed by atoms with Crippen LogP contribution in [0.1, 0.15) is 31.1 Å². The molecule has 0 saturated carbocycles. The van der Waals surface area contributed by atoms with Crippen molar-refractivity contribution in [2.75, 3.05) is 13.7 Å². The first kappa shape index (κ1) is 12.0. The van der Waals surface area contributed by atoms with Gasteiger partial charge in [-0.1, -0.05) is 0 Å². The van der Waals surface area contributed by atoms with Gasteiger partial charge in [0.1, 0.15) is 0 Å². The number of likely N-dealkylation sites (N-methyl/N-ethyl adjacent to an activating group) is 1. The van der Waals surface area contributed by atoms with Crippen LogP contribution in [0.25, 0.3) is 0 Å². The first-order valence-electron chi connectivity index (χ1n) is 5.93. The van der Waals surface area contributed by atoms with Gasteiger partial charge in [0, 0.05) is 30.1 Å². The van der Waals surface area contributed by atoms with Crippen molar-refractivity contribution in [3.63, 3.8) is 0 Å². The van der Waals surface area contributed by atoms with Crippen LogP contribution in [-0.2, 0) is 11.2 Å². The predicted molar refractivity (Wildman–Crippen MR) is 66.9 cm³/mol. The van der Waals surface area contributed by atoms with Crippen molar-refractivity contribution in [1.29, 1.82) is 0 Å². The number of thiazole rings is 1. The van der Waals surface area contributed by atoms with Crippen molar-refractivity contribution in [3.05, 3.63) is 16.6 Å². The van der Waals surface area contributed by atoms with E-state index in [0.29, 0.717) is 6.04 Å². The maximum atomic E-state index is 5.99. The van der Waals surface area contributed by atoms with Crippen LogP contribution in [0, 0.1) is 0 Å². The smallest absolute Gasteiger partial charge is 0.0810 e. The van der Waals surface area contributed by atoms with Gasteiger partial charge in [-0.05, 0) is 33.2 Å². The van der Waals surface area contributed by atoms with Gasteiger partial charge in [-0.25, -0.2) is 0 Å². The zero-order chi connectivity index (χ0) is 11.4. The van der Waals surface area contributed by atoms with Crippen molar-refractivity contribution in [3.8, 4) is 0 Å². The van der Waals surface area contributed by atoms with Crippen LogP contribution in [-0.4, -0.2) is 30.3 Å². The Morgan fingerprint density at radius 3 is 3.06 bits per heavy atom. The summed E-state index contributed by atoms with van der Waals surface area (Å²) >= 11 is 1.72.